The molecule has 7 nitrogen and oxygen atoms in total. The van der Waals surface area contributed by atoms with Crippen molar-refractivity contribution < 1.29 is 9.53 Å². The van der Waals surface area contributed by atoms with Gasteiger partial charge in [0.25, 0.3) is 0 Å². The van der Waals surface area contributed by atoms with E-state index in [2.05, 4.69) is 49.6 Å². The van der Waals surface area contributed by atoms with Gasteiger partial charge in [0.15, 0.2) is 11.9 Å². The van der Waals surface area contributed by atoms with Crippen LogP contribution >= 0.6 is 11.6 Å². The van der Waals surface area contributed by atoms with Gasteiger partial charge in [-0.15, -0.1) is 16.7 Å². The second-order valence-corrected chi connectivity index (χ2v) is 10.5. The van der Waals surface area contributed by atoms with E-state index in [0.29, 0.717) is 23.4 Å². The van der Waals surface area contributed by atoms with Gasteiger partial charge in [0.2, 0.25) is 5.96 Å². The van der Waals surface area contributed by atoms with Gasteiger partial charge in [-0.25, -0.2) is 5.01 Å². The van der Waals surface area contributed by atoms with Crippen molar-refractivity contribution in [2.45, 2.75) is 91.1 Å². The number of Topliss-reactive ketones (excluding diaryl/α,β-unsaturated/α-hetero) is 1. The topological polar surface area (TPSA) is 83.5 Å². The third kappa shape index (κ3) is 7.98. The summed E-state index contributed by atoms with van der Waals surface area (Å²) >= 11 is 4.64. The lowest BCUT2D eigenvalue weighted by atomic mass is 9.90. The standard InChI is InChI=1S/C29H43N5O2.CH3Cl/c1-4-10-23-15-24(18-26(17-23)36-20-22-11-8-7-9-12-22)27(35)19-33-28-14-13-25(16-21(5-2)6-3)31-34(28)29(30)32-33;1-2/h13-15,17-18,21-22,28H,4-12,16,19-20H2,1-3H3,(H2,30,32);1H3. The Hall–Kier alpha value is -2.54. The molecule has 0 amide bonds. The van der Waals surface area contributed by atoms with Gasteiger partial charge in [-0.1, -0.05) is 59.3 Å². The molecule has 2 aliphatic heterocycles. The van der Waals surface area contributed by atoms with Gasteiger partial charge in [-0.05, 0) is 73.4 Å². The number of aryl methyl sites for hydroxylation is 1. The Balaban J connectivity index is 0.00000195. The van der Waals surface area contributed by atoms with Crippen LogP contribution in [0.15, 0.2) is 40.6 Å². The SMILES string of the molecule is CCCc1cc(OCC2CCCCC2)cc(C(=O)CN2N=C(N)N3N=C(CC(CC)CC)C=CC23)c1.CCl. The Morgan fingerprint density at radius 1 is 1.11 bits per heavy atom. The van der Waals surface area contributed by atoms with Crippen LogP contribution in [-0.4, -0.2) is 53.2 Å². The van der Waals surface area contributed by atoms with Gasteiger partial charge in [0.05, 0.1) is 12.3 Å². The lowest BCUT2D eigenvalue weighted by molar-refractivity contribution is 0.0878. The summed E-state index contributed by atoms with van der Waals surface area (Å²) in [4.78, 5) is 13.4. The maximum atomic E-state index is 13.4. The van der Waals surface area contributed by atoms with Crippen molar-refractivity contribution in [3.05, 3.63) is 41.5 Å². The molecule has 38 heavy (non-hydrogen) atoms. The first kappa shape index (κ1) is 30.0. The number of ether oxygens (including phenoxy) is 1. The van der Waals surface area contributed by atoms with Crippen LogP contribution in [-0.2, 0) is 6.42 Å². The number of alkyl halides is 1. The molecule has 0 aromatic heterocycles. The quantitative estimate of drug-likeness (QED) is 0.238. The predicted octanol–water partition coefficient (Wildman–Crippen LogP) is 6.56. The molecule has 0 radical (unpaired) electrons. The van der Waals surface area contributed by atoms with Crippen molar-refractivity contribution in [1.29, 1.82) is 0 Å². The molecule has 1 atom stereocenters. The summed E-state index contributed by atoms with van der Waals surface area (Å²) in [6.07, 6.45) is 16.8. The minimum atomic E-state index is -0.264. The highest BCUT2D eigenvalue weighted by molar-refractivity contribution is 6.15. The lowest BCUT2D eigenvalue weighted by Crippen LogP contribution is -2.43. The molecule has 0 bridgehead atoms. The first-order valence-electron chi connectivity index (χ1n) is 14.3. The zero-order chi connectivity index (χ0) is 27.5. The molecular formula is C30H46ClN5O2. The van der Waals surface area contributed by atoms with E-state index in [4.69, 9.17) is 15.6 Å². The number of nitrogens with zero attached hydrogens (tertiary/aromatic N) is 4. The number of hydrogen-bond donors (Lipinski definition) is 1. The monoisotopic (exact) mass is 543 g/mol. The van der Waals surface area contributed by atoms with Crippen LogP contribution < -0.4 is 10.5 Å². The summed E-state index contributed by atoms with van der Waals surface area (Å²) in [5.41, 5.74) is 9.04. The molecule has 0 spiro atoms. The second-order valence-electron chi connectivity index (χ2n) is 10.5. The van der Waals surface area contributed by atoms with Crippen LogP contribution in [0.25, 0.3) is 0 Å². The number of guanidine groups is 1. The summed E-state index contributed by atoms with van der Waals surface area (Å²) in [5, 5.41) is 12.7. The predicted molar refractivity (Wildman–Crippen MR) is 158 cm³/mol. The summed E-state index contributed by atoms with van der Waals surface area (Å²) < 4.78 is 6.21. The number of carbonyl (C=O) groups excluding carboxylic acids is 1. The van der Waals surface area contributed by atoms with Crippen LogP contribution in [0.1, 0.15) is 94.5 Å². The molecule has 1 aromatic rings. The smallest absolute Gasteiger partial charge is 0.236 e. The third-order valence-electron chi connectivity index (χ3n) is 7.71. The van der Waals surface area contributed by atoms with Crippen LogP contribution in [0.5, 0.6) is 5.75 Å². The number of halogens is 1. The van der Waals surface area contributed by atoms with Gasteiger partial charge in [-0.3, -0.25) is 9.80 Å². The number of nitrogens with two attached hydrogens (primary N) is 1. The molecule has 1 aromatic carbocycles. The average Bonchev–Trinajstić information content (AvgIpc) is 3.26. The number of allylic oxidation sites excluding steroid dienone is 1. The first-order valence-corrected chi connectivity index (χ1v) is 15.1. The molecular weight excluding hydrogens is 498 g/mol. The maximum Gasteiger partial charge on any atom is 0.236 e. The number of hydrazone groups is 2. The summed E-state index contributed by atoms with van der Waals surface area (Å²) in [7, 11) is 0. The zero-order valence-corrected chi connectivity index (χ0v) is 24.4. The van der Waals surface area contributed by atoms with Crippen LogP contribution in [0, 0.1) is 11.8 Å². The normalized spacial score (nSPS) is 19.1. The van der Waals surface area contributed by atoms with Crippen molar-refractivity contribution in [2.24, 2.45) is 27.8 Å². The summed E-state index contributed by atoms with van der Waals surface area (Å²) in [5.74, 6) is 2.36. The van der Waals surface area contributed by atoms with Gasteiger partial charge < -0.3 is 10.5 Å². The van der Waals surface area contributed by atoms with E-state index in [1.165, 1.54) is 38.5 Å². The average molecular weight is 544 g/mol. The minimum Gasteiger partial charge on any atom is -0.493 e. The largest absolute Gasteiger partial charge is 0.493 e. The second kappa shape index (κ2) is 15.2. The van der Waals surface area contributed by atoms with E-state index in [1.807, 2.05) is 18.2 Å². The van der Waals surface area contributed by atoms with Gasteiger partial charge >= 0.3 is 0 Å². The number of fused-ring (bicyclic) bond motifs is 1. The van der Waals surface area contributed by atoms with Gasteiger partial charge in [0, 0.05) is 11.9 Å². The highest BCUT2D eigenvalue weighted by Gasteiger charge is 2.34. The molecule has 1 aliphatic carbocycles. The number of ketones is 1. The van der Waals surface area contributed by atoms with Crippen LogP contribution in [0.2, 0.25) is 0 Å². The van der Waals surface area contributed by atoms with Gasteiger partial charge in [-0.2, -0.15) is 5.10 Å². The fourth-order valence-corrected chi connectivity index (χ4v) is 5.41. The number of carbonyl (C=O) groups is 1. The number of hydrogen-bond acceptors (Lipinski definition) is 7. The van der Waals surface area contributed by atoms with Crippen molar-refractivity contribution in [3.63, 3.8) is 0 Å². The van der Waals surface area contributed by atoms with E-state index in [0.717, 1.165) is 55.7 Å². The highest BCUT2D eigenvalue weighted by atomic mass is 35.5. The Morgan fingerprint density at radius 2 is 1.84 bits per heavy atom. The van der Waals surface area contributed by atoms with E-state index in [-0.39, 0.29) is 18.5 Å². The van der Waals surface area contributed by atoms with E-state index in [1.54, 1.807) is 10.0 Å². The first-order chi connectivity index (χ1) is 18.5. The van der Waals surface area contributed by atoms with Crippen molar-refractivity contribution in [2.75, 3.05) is 19.5 Å². The van der Waals surface area contributed by atoms with Crippen LogP contribution in [0.4, 0.5) is 0 Å². The Kier molecular flexibility index (Phi) is 12.0. The van der Waals surface area contributed by atoms with E-state index in [9.17, 15) is 4.79 Å². The molecule has 1 unspecified atom stereocenters. The molecule has 8 heteroatoms. The van der Waals surface area contributed by atoms with E-state index >= 15 is 0 Å². The summed E-state index contributed by atoms with van der Waals surface area (Å²) in [6, 6.07) is 5.99. The molecule has 3 aliphatic rings. The Bertz CT molecular complexity index is 998. The third-order valence-corrected chi connectivity index (χ3v) is 7.71. The molecule has 2 N–H and O–H groups in total. The number of rotatable bonds is 12. The number of benzene rings is 1. The maximum absolute atomic E-state index is 13.4. The minimum absolute atomic E-state index is 0.00840. The van der Waals surface area contributed by atoms with Crippen molar-refractivity contribution >= 4 is 29.1 Å². The molecule has 1 saturated carbocycles. The fourth-order valence-electron chi connectivity index (χ4n) is 5.41. The van der Waals surface area contributed by atoms with Crippen LogP contribution in [0.3, 0.4) is 0 Å². The van der Waals surface area contributed by atoms with Crippen molar-refractivity contribution in [1.82, 2.24) is 10.0 Å². The molecule has 1 fully saturated rings. The molecule has 210 valence electrons. The molecule has 4 rings (SSSR count). The van der Waals surface area contributed by atoms with E-state index < -0.39 is 0 Å². The lowest BCUT2D eigenvalue weighted by Gasteiger charge is -2.28. The van der Waals surface area contributed by atoms with Crippen molar-refractivity contribution in [3.8, 4) is 5.75 Å². The molecule has 2 heterocycles. The molecule has 0 saturated heterocycles. The fraction of sp³-hybridized carbons (Fsp3) is 0.633. The van der Waals surface area contributed by atoms with Gasteiger partial charge in [0.1, 0.15) is 12.3 Å². The zero-order valence-electron chi connectivity index (χ0n) is 23.7. The Morgan fingerprint density at radius 3 is 2.53 bits per heavy atom. The Labute approximate surface area is 234 Å². The highest BCUT2D eigenvalue weighted by Crippen LogP contribution is 2.27. The summed E-state index contributed by atoms with van der Waals surface area (Å²) in [6.45, 7) is 7.45.